The number of methoxy groups -OCH3 is 1. The van der Waals surface area contributed by atoms with Crippen LogP contribution >= 0.6 is 15.9 Å². The standard InChI is InChI=1S/C15H22BrNO/c1-10-8-11(2)15(14(16)9-10)17-12-4-6-13(18-3)7-5-12/h8-9,12-13,17H,4-7H2,1-3H3. The Hall–Kier alpha value is -0.540. The molecule has 0 heterocycles. The predicted molar refractivity (Wildman–Crippen MR) is 80.3 cm³/mol. The van der Waals surface area contributed by atoms with Crippen LogP contribution in [0, 0.1) is 13.8 Å². The number of ether oxygens (including phenoxy) is 1. The van der Waals surface area contributed by atoms with Crippen LogP contribution in [0.2, 0.25) is 0 Å². The van der Waals surface area contributed by atoms with E-state index in [0.717, 1.165) is 12.8 Å². The maximum Gasteiger partial charge on any atom is 0.0572 e. The van der Waals surface area contributed by atoms with Crippen LogP contribution in [0.5, 0.6) is 0 Å². The summed E-state index contributed by atoms with van der Waals surface area (Å²) in [5, 5.41) is 3.69. The second-order valence-corrected chi connectivity index (χ2v) is 6.15. The molecule has 0 aromatic heterocycles. The van der Waals surface area contributed by atoms with E-state index in [9.17, 15) is 0 Å². The van der Waals surface area contributed by atoms with Crippen molar-refractivity contribution in [3.05, 3.63) is 27.7 Å². The van der Waals surface area contributed by atoms with Crippen molar-refractivity contribution in [2.45, 2.75) is 51.7 Å². The van der Waals surface area contributed by atoms with Gasteiger partial charge < -0.3 is 10.1 Å². The fraction of sp³-hybridized carbons (Fsp3) is 0.600. The summed E-state index contributed by atoms with van der Waals surface area (Å²) >= 11 is 3.66. The van der Waals surface area contributed by atoms with Crippen molar-refractivity contribution in [3.8, 4) is 0 Å². The van der Waals surface area contributed by atoms with Crippen LogP contribution in [0.3, 0.4) is 0 Å². The van der Waals surface area contributed by atoms with Crippen LogP contribution in [0.4, 0.5) is 5.69 Å². The van der Waals surface area contributed by atoms with Crippen molar-refractivity contribution in [1.29, 1.82) is 0 Å². The molecule has 0 radical (unpaired) electrons. The minimum absolute atomic E-state index is 0.464. The number of hydrogen-bond acceptors (Lipinski definition) is 2. The molecule has 1 aliphatic rings. The fourth-order valence-electron chi connectivity index (χ4n) is 2.75. The predicted octanol–water partition coefficient (Wildman–Crippen LogP) is 4.44. The largest absolute Gasteiger partial charge is 0.381 e. The third-order valence-corrected chi connectivity index (χ3v) is 4.41. The van der Waals surface area contributed by atoms with E-state index in [4.69, 9.17) is 4.74 Å². The number of anilines is 1. The van der Waals surface area contributed by atoms with Gasteiger partial charge in [0.05, 0.1) is 11.8 Å². The lowest BCUT2D eigenvalue weighted by molar-refractivity contribution is 0.0682. The average Bonchev–Trinajstić information content (AvgIpc) is 2.34. The number of rotatable bonds is 3. The summed E-state index contributed by atoms with van der Waals surface area (Å²) < 4.78 is 6.59. The quantitative estimate of drug-likeness (QED) is 0.891. The number of benzene rings is 1. The van der Waals surface area contributed by atoms with Gasteiger partial charge in [-0.2, -0.15) is 0 Å². The van der Waals surface area contributed by atoms with Gasteiger partial charge >= 0.3 is 0 Å². The van der Waals surface area contributed by atoms with Crippen LogP contribution in [-0.4, -0.2) is 19.3 Å². The molecule has 2 rings (SSSR count). The minimum atomic E-state index is 0.464. The normalized spacial score (nSPS) is 24.0. The zero-order valence-corrected chi connectivity index (χ0v) is 13.0. The van der Waals surface area contributed by atoms with Gasteiger partial charge in [-0.25, -0.2) is 0 Å². The van der Waals surface area contributed by atoms with Crippen molar-refractivity contribution in [2.75, 3.05) is 12.4 Å². The molecule has 1 aromatic carbocycles. The minimum Gasteiger partial charge on any atom is -0.381 e. The van der Waals surface area contributed by atoms with Crippen molar-refractivity contribution < 1.29 is 4.74 Å². The molecule has 1 aromatic rings. The number of halogens is 1. The Labute approximate surface area is 118 Å². The smallest absolute Gasteiger partial charge is 0.0572 e. The maximum absolute atomic E-state index is 5.42. The molecule has 2 nitrogen and oxygen atoms in total. The molecular formula is C15H22BrNO. The fourth-order valence-corrected chi connectivity index (χ4v) is 3.53. The molecule has 1 aliphatic carbocycles. The molecule has 1 saturated carbocycles. The van der Waals surface area contributed by atoms with E-state index in [1.807, 2.05) is 7.11 Å². The Morgan fingerprint density at radius 3 is 2.39 bits per heavy atom. The Balaban J connectivity index is 2.02. The molecule has 0 saturated heterocycles. The summed E-state index contributed by atoms with van der Waals surface area (Å²) in [6.07, 6.45) is 5.18. The summed E-state index contributed by atoms with van der Waals surface area (Å²) in [5.74, 6) is 0. The Morgan fingerprint density at radius 1 is 1.17 bits per heavy atom. The van der Waals surface area contributed by atoms with Gasteiger partial charge in [-0.05, 0) is 72.7 Å². The molecular weight excluding hydrogens is 290 g/mol. The Kier molecular flexibility index (Phi) is 4.68. The number of nitrogens with one attached hydrogen (secondary N) is 1. The second-order valence-electron chi connectivity index (χ2n) is 5.29. The zero-order valence-electron chi connectivity index (χ0n) is 11.4. The SMILES string of the molecule is COC1CCC(Nc2c(C)cc(C)cc2Br)CC1. The average molecular weight is 312 g/mol. The number of aryl methyl sites for hydroxylation is 2. The van der Waals surface area contributed by atoms with Crippen molar-refractivity contribution >= 4 is 21.6 Å². The Bertz CT molecular complexity index is 388. The van der Waals surface area contributed by atoms with Gasteiger partial charge in [0, 0.05) is 17.6 Å². The number of hydrogen-bond donors (Lipinski definition) is 1. The first-order valence-corrected chi connectivity index (χ1v) is 7.45. The van der Waals surface area contributed by atoms with E-state index < -0.39 is 0 Å². The molecule has 0 spiro atoms. The first-order chi connectivity index (χ1) is 8.60. The van der Waals surface area contributed by atoms with E-state index in [-0.39, 0.29) is 0 Å². The van der Waals surface area contributed by atoms with Crippen LogP contribution in [0.25, 0.3) is 0 Å². The molecule has 1 fully saturated rings. The molecule has 3 heteroatoms. The summed E-state index contributed by atoms with van der Waals surface area (Å²) in [4.78, 5) is 0. The lowest BCUT2D eigenvalue weighted by Crippen LogP contribution is -2.29. The summed E-state index contributed by atoms with van der Waals surface area (Å²) in [6, 6.07) is 4.98. The third-order valence-electron chi connectivity index (χ3n) is 3.79. The first-order valence-electron chi connectivity index (χ1n) is 6.66. The highest BCUT2D eigenvalue weighted by atomic mass is 79.9. The van der Waals surface area contributed by atoms with Crippen molar-refractivity contribution in [1.82, 2.24) is 0 Å². The second kappa shape index (κ2) is 6.07. The first kappa shape index (κ1) is 13.9. The summed E-state index contributed by atoms with van der Waals surface area (Å²) in [6.45, 7) is 4.30. The maximum atomic E-state index is 5.42. The molecule has 1 N–H and O–H groups in total. The highest BCUT2D eigenvalue weighted by Gasteiger charge is 2.21. The van der Waals surface area contributed by atoms with Crippen LogP contribution < -0.4 is 5.32 Å². The molecule has 0 unspecified atom stereocenters. The van der Waals surface area contributed by atoms with Gasteiger partial charge in [0.2, 0.25) is 0 Å². The molecule has 0 aliphatic heterocycles. The lowest BCUT2D eigenvalue weighted by Gasteiger charge is -2.29. The van der Waals surface area contributed by atoms with E-state index in [0.29, 0.717) is 12.1 Å². The van der Waals surface area contributed by atoms with E-state index in [1.165, 1.54) is 34.1 Å². The third kappa shape index (κ3) is 3.27. The molecule has 18 heavy (non-hydrogen) atoms. The van der Waals surface area contributed by atoms with Gasteiger partial charge in [0.25, 0.3) is 0 Å². The monoisotopic (exact) mass is 311 g/mol. The molecule has 100 valence electrons. The van der Waals surface area contributed by atoms with Crippen molar-refractivity contribution in [3.63, 3.8) is 0 Å². The van der Waals surface area contributed by atoms with Crippen LogP contribution in [0.1, 0.15) is 36.8 Å². The topological polar surface area (TPSA) is 21.3 Å². The van der Waals surface area contributed by atoms with Gasteiger partial charge in [-0.3, -0.25) is 0 Å². The van der Waals surface area contributed by atoms with E-state index in [1.54, 1.807) is 0 Å². The van der Waals surface area contributed by atoms with E-state index in [2.05, 4.69) is 47.2 Å². The van der Waals surface area contributed by atoms with Gasteiger partial charge in [-0.15, -0.1) is 0 Å². The van der Waals surface area contributed by atoms with Crippen molar-refractivity contribution in [2.24, 2.45) is 0 Å². The van der Waals surface area contributed by atoms with Crippen LogP contribution in [-0.2, 0) is 4.74 Å². The molecule has 0 bridgehead atoms. The molecule has 0 atom stereocenters. The lowest BCUT2D eigenvalue weighted by atomic mass is 9.92. The van der Waals surface area contributed by atoms with Gasteiger partial charge in [0.15, 0.2) is 0 Å². The van der Waals surface area contributed by atoms with Gasteiger partial charge in [-0.1, -0.05) is 6.07 Å². The highest BCUT2D eigenvalue weighted by molar-refractivity contribution is 9.10. The zero-order chi connectivity index (χ0) is 13.1. The van der Waals surface area contributed by atoms with Gasteiger partial charge in [0.1, 0.15) is 0 Å². The van der Waals surface area contributed by atoms with Crippen LogP contribution in [0.15, 0.2) is 16.6 Å². The summed E-state index contributed by atoms with van der Waals surface area (Å²) in [7, 11) is 1.82. The summed E-state index contributed by atoms with van der Waals surface area (Å²) in [5.41, 5.74) is 3.87. The Morgan fingerprint density at radius 2 is 1.83 bits per heavy atom. The van der Waals surface area contributed by atoms with E-state index >= 15 is 0 Å². The highest BCUT2D eigenvalue weighted by Crippen LogP contribution is 2.31. The molecule has 0 amide bonds.